The number of hydrogen-bond donors (Lipinski definition) is 3. The molecule has 0 saturated carbocycles. The Morgan fingerprint density at radius 3 is 2.56 bits per heavy atom. The van der Waals surface area contributed by atoms with Crippen molar-refractivity contribution in [1.29, 1.82) is 0 Å². The van der Waals surface area contributed by atoms with Crippen molar-refractivity contribution in [2.24, 2.45) is 10.7 Å². The number of guanidine groups is 1. The number of hydrogen-bond acceptors (Lipinski definition) is 3. The first-order valence-corrected chi connectivity index (χ1v) is 9.68. The first kappa shape index (κ1) is 19.2. The van der Waals surface area contributed by atoms with Crippen molar-refractivity contribution in [3.8, 4) is 0 Å². The monoisotopic (exact) mass is 380 g/mol. The molecule has 0 aromatic heterocycles. The Kier molecular flexibility index (Phi) is 6.81. The van der Waals surface area contributed by atoms with Gasteiger partial charge < -0.3 is 11.1 Å². The van der Waals surface area contributed by atoms with Gasteiger partial charge in [0.15, 0.2) is 5.96 Å². The lowest BCUT2D eigenvalue weighted by atomic mass is 10.1. The lowest BCUT2D eigenvalue weighted by molar-refractivity contribution is 0.582. The van der Waals surface area contributed by atoms with Gasteiger partial charge in [-0.2, -0.15) is 0 Å². The number of halogens is 1. The highest BCUT2D eigenvalue weighted by Gasteiger charge is 2.13. The van der Waals surface area contributed by atoms with Crippen molar-refractivity contribution < 1.29 is 8.42 Å². The lowest BCUT2D eigenvalue weighted by Gasteiger charge is -2.08. The van der Waals surface area contributed by atoms with Gasteiger partial charge in [0.2, 0.25) is 10.0 Å². The third-order valence-corrected chi connectivity index (χ3v) is 5.12. The number of benzene rings is 2. The molecule has 0 unspecified atom stereocenters. The number of aliphatic imine (C=N–C) groups is 1. The van der Waals surface area contributed by atoms with Crippen LogP contribution in [0.25, 0.3) is 0 Å². The fraction of sp³-hybridized carbons (Fsp3) is 0.235. The molecule has 0 aliphatic heterocycles. The van der Waals surface area contributed by atoms with Crippen molar-refractivity contribution >= 4 is 33.3 Å². The van der Waals surface area contributed by atoms with E-state index in [4.69, 9.17) is 17.3 Å². The van der Waals surface area contributed by atoms with Crippen LogP contribution in [0.1, 0.15) is 12.5 Å². The molecule has 0 aliphatic rings. The summed E-state index contributed by atoms with van der Waals surface area (Å²) < 4.78 is 26.7. The first-order valence-electron chi connectivity index (χ1n) is 7.82. The smallest absolute Gasteiger partial charge is 0.240 e. The van der Waals surface area contributed by atoms with Crippen LogP contribution in [0.5, 0.6) is 0 Å². The molecule has 2 rings (SSSR count). The zero-order chi connectivity index (χ0) is 18.3. The van der Waals surface area contributed by atoms with E-state index in [0.717, 1.165) is 12.1 Å². The molecule has 6 nitrogen and oxygen atoms in total. The quantitative estimate of drug-likeness (QED) is 0.390. The van der Waals surface area contributed by atoms with E-state index in [-0.39, 0.29) is 23.9 Å². The molecule has 2 aromatic carbocycles. The second kappa shape index (κ2) is 8.84. The van der Waals surface area contributed by atoms with Gasteiger partial charge in [0, 0.05) is 17.3 Å². The molecular weight excluding hydrogens is 360 g/mol. The molecule has 4 N–H and O–H groups in total. The molecule has 0 spiro atoms. The number of nitrogens with two attached hydrogens (primary N) is 1. The van der Waals surface area contributed by atoms with Gasteiger partial charge in [-0.25, -0.2) is 13.1 Å². The van der Waals surface area contributed by atoms with Crippen LogP contribution in [0.2, 0.25) is 5.02 Å². The molecule has 0 atom stereocenters. The fourth-order valence-corrected chi connectivity index (χ4v) is 3.41. The summed E-state index contributed by atoms with van der Waals surface area (Å²) in [6.07, 6.45) is 0.969. The van der Waals surface area contributed by atoms with Crippen LogP contribution in [0.4, 0.5) is 5.69 Å². The van der Waals surface area contributed by atoms with Gasteiger partial charge in [0.05, 0.1) is 11.4 Å². The van der Waals surface area contributed by atoms with Gasteiger partial charge in [-0.3, -0.25) is 4.99 Å². The van der Waals surface area contributed by atoms with Crippen molar-refractivity contribution in [3.63, 3.8) is 0 Å². The second-order valence-corrected chi connectivity index (χ2v) is 7.50. The maximum Gasteiger partial charge on any atom is 0.240 e. The summed E-state index contributed by atoms with van der Waals surface area (Å²) in [6.45, 7) is 2.43. The molecule has 8 heteroatoms. The molecule has 0 bridgehead atoms. The van der Waals surface area contributed by atoms with Crippen LogP contribution in [-0.4, -0.2) is 27.5 Å². The highest BCUT2D eigenvalue weighted by molar-refractivity contribution is 7.89. The van der Waals surface area contributed by atoms with E-state index in [2.05, 4.69) is 22.0 Å². The summed E-state index contributed by atoms with van der Waals surface area (Å²) in [5, 5.41) is 3.33. The molecule has 0 radical (unpaired) electrons. The highest BCUT2D eigenvalue weighted by atomic mass is 35.5. The number of nitrogens with zero attached hydrogens (tertiary/aromatic N) is 1. The van der Waals surface area contributed by atoms with E-state index in [1.54, 1.807) is 12.1 Å². The summed E-state index contributed by atoms with van der Waals surface area (Å²) >= 11 is 5.81. The van der Waals surface area contributed by atoms with Gasteiger partial charge in [-0.1, -0.05) is 36.7 Å². The van der Waals surface area contributed by atoms with Crippen LogP contribution in [-0.2, 0) is 16.4 Å². The summed E-state index contributed by atoms with van der Waals surface area (Å²) in [5.41, 5.74) is 7.87. The molecular formula is C17H21ClN4O2S. The molecule has 134 valence electrons. The minimum Gasteiger partial charge on any atom is -0.370 e. The van der Waals surface area contributed by atoms with E-state index >= 15 is 0 Å². The Bertz CT molecular complexity index is 836. The number of sulfonamides is 1. The van der Waals surface area contributed by atoms with Gasteiger partial charge >= 0.3 is 0 Å². The molecule has 0 saturated heterocycles. The van der Waals surface area contributed by atoms with Gasteiger partial charge in [0.1, 0.15) is 0 Å². The van der Waals surface area contributed by atoms with E-state index in [0.29, 0.717) is 5.02 Å². The van der Waals surface area contributed by atoms with Crippen LogP contribution in [0.3, 0.4) is 0 Å². The fourth-order valence-electron chi connectivity index (χ4n) is 2.09. The SMILES string of the molecule is CCc1ccc(NC(N)=NCCNS(=O)(=O)c2cccc(Cl)c2)cc1. The third-order valence-electron chi connectivity index (χ3n) is 3.43. The topological polar surface area (TPSA) is 96.6 Å². The summed E-state index contributed by atoms with van der Waals surface area (Å²) in [4.78, 5) is 4.22. The number of nitrogens with one attached hydrogen (secondary N) is 2. The van der Waals surface area contributed by atoms with Gasteiger partial charge in [0.25, 0.3) is 0 Å². The molecule has 0 aliphatic carbocycles. The maximum absolute atomic E-state index is 12.1. The number of rotatable bonds is 7. The second-order valence-electron chi connectivity index (χ2n) is 5.30. The Balaban J connectivity index is 1.85. The standard InChI is InChI=1S/C17H21ClN4O2S/c1-2-13-6-8-15(9-7-13)22-17(19)20-10-11-21-25(23,24)16-5-3-4-14(18)12-16/h3-9,12,21H,2,10-11H2,1H3,(H3,19,20,22). The van der Waals surface area contributed by atoms with Gasteiger partial charge in [-0.05, 0) is 42.3 Å². The minimum absolute atomic E-state index is 0.117. The Hall–Kier alpha value is -2.09. The van der Waals surface area contributed by atoms with E-state index in [9.17, 15) is 8.42 Å². The summed E-state index contributed by atoms with van der Waals surface area (Å²) in [7, 11) is -3.61. The third kappa shape index (κ3) is 6.04. The lowest BCUT2D eigenvalue weighted by Crippen LogP contribution is -2.28. The molecule has 0 heterocycles. The van der Waals surface area contributed by atoms with Crippen molar-refractivity contribution in [2.75, 3.05) is 18.4 Å². The predicted octanol–water partition coefficient (Wildman–Crippen LogP) is 2.61. The van der Waals surface area contributed by atoms with Crippen LogP contribution in [0, 0.1) is 0 Å². The molecule has 0 amide bonds. The number of anilines is 1. The summed E-state index contributed by atoms with van der Waals surface area (Å²) in [5.74, 6) is 0.228. The highest BCUT2D eigenvalue weighted by Crippen LogP contribution is 2.15. The van der Waals surface area contributed by atoms with Crippen molar-refractivity contribution in [3.05, 3.63) is 59.1 Å². The first-order chi connectivity index (χ1) is 11.9. The van der Waals surface area contributed by atoms with Crippen LogP contribution >= 0.6 is 11.6 Å². The average molecular weight is 381 g/mol. The Labute approximate surface area is 153 Å². The van der Waals surface area contributed by atoms with E-state index in [1.165, 1.54) is 17.7 Å². The van der Waals surface area contributed by atoms with E-state index in [1.807, 2.05) is 24.3 Å². The zero-order valence-electron chi connectivity index (χ0n) is 13.9. The van der Waals surface area contributed by atoms with Crippen LogP contribution < -0.4 is 15.8 Å². The van der Waals surface area contributed by atoms with Crippen LogP contribution in [0.15, 0.2) is 58.4 Å². The normalized spacial score (nSPS) is 12.2. The number of aryl methyl sites for hydroxylation is 1. The maximum atomic E-state index is 12.1. The Morgan fingerprint density at radius 2 is 1.92 bits per heavy atom. The zero-order valence-corrected chi connectivity index (χ0v) is 15.4. The van der Waals surface area contributed by atoms with Crippen molar-refractivity contribution in [1.82, 2.24) is 4.72 Å². The minimum atomic E-state index is -3.61. The molecule has 25 heavy (non-hydrogen) atoms. The van der Waals surface area contributed by atoms with E-state index < -0.39 is 10.0 Å². The Morgan fingerprint density at radius 1 is 1.20 bits per heavy atom. The summed E-state index contributed by atoms with van der Waals surface area (Å²) in [6, 6.07) is 13.9. The van der Waals surface area contributed by atoms with Crippen molar-refractivity contribution in [2.45, 2.75) is 18.2 Å². The predicted molar refractivity (Wildman–Crippen MR) is 103 cm³/mol. The van der Waals surface area contributed by atoms with Gasteiger partial charge in [-0.15, -0.1) is 0 Å². The molecule has 0 fully saturated rings. The molecule has 2 aromatic rings. The average Bonchev–Trinajstić information content (AvgIpc) is 2.59. The largest absolute Gasteiger partial charge is 0.370 e.